The first kappa shape index (κ1) is 5.60. The first-order chi connectivity index (χ1) is 2.81. The third-order valence-corrected chi connectivity index (χ3v) is 0.486. The molecular weight excluding hydrogens is 83.0 g/mol. The lowest BCUT2D eigenvalue weighted by molar-refractivity contribution is 0.390. The number of hydrogen-bond donors (Lipinski definition) is 0. The van der Waals surface area contributed by atoms with E-state index in [1.54, 1.807) is 6.92 Å². The smallest absolute Gasteiger partial charge is 0.235 e. The Balaban J connectivity index is 2.96. The molecule has 0 aliphatic heterocycles. The molecule has 0 aromatic carbocycles. The fraction of sp³-hybridized carbons (Fsp3) is 0.750. The second-order valence-electron chi connectivity index (χ2n) is 0.994. The van der Waals surface area contributed by atoms with Gasteiger partial charge >= 0.3 is 0 Å². The fourth-order valence-corrected chi connectivity index (χ4v) is 0.0833. The van der Waals surface area contributed by atoms with E-state index in [-0.39, 0.29) is 6.42 Å². The van der Waals surface area contributed by atoms with Gasteiger partial charge in [0.1, 0.15) is 0 Å². The van der Waals surface area contributed by atoms with Crippen molar-refractivity contribution in [3.8, 4) is 0 Å². The molecule has 1 unspecified atom stereocenters. The lowest BCUT2D eigenvalue weighted by Crippen LogP contribution is -1.95. The minimum Gasteiger partial charge on any atom is -0.287 e. The molecule has 0 bridgehead atoms. The maximum Gasteiger partial charge on any atom is 0.235 e. The zero-order chi connectivity index (χ0) is 4.99. The van der Waals surface area contributed by atoms with Crippen LogP contribution in [0.25, 0.3) is 0 Å². The SMILES string of the molecule is CCC(F)[C]=O. The zero-order valence-electron chi connectivity index (χ0n) is 3.57. The van der Waals surface area contributed by atoms with Gasteiger partial charge in [-0.05, 0) is 6.42 Å². The molecule has 0 N–H and O–H groups in total. The van der Waals surface area contributed by atoms with E-state index in [1.807, 2.05) is 0 Å². The molecule has 1 nitrogen and oxygen atoms in total. The van der Waals surface area contributed by atoms with Crippen LogP contribution in [0.5, 0.6) is 0 Å². The van der Waals surface area contributed by atoms with Crippen LogP contribution < -0.4 is 0 Å². The van der Waals surface area contributed by atoms with Gasteiger partial charge in [0, 0.05) is 0 Å². The molecule has 1 radical (unpaired) electrons. The Kier molecular flexibility index (Phi) is 2.63. The highest BCUT2D eigenvalue weighted by Crippen LogP contribution is 1.88. The Morgan fingerprint density at radius 2 is 2.50 bits per heavy atom. The van der Waals surface area contributed by atoms with Crippen LogP contribution in [0.3, 0.4) is 0 Å². The van der Waals surface area contributed by atoms with Crippen molar-refractivity contribution in [2.24, 2.45) is 0 Å². The van der Waals surface area contributed by atoms with Gasteiger partial charge in [-0.2, -0.15) is 0 Å². The van der Waals surface area contributed by atoms with Crippen molar-refractivity contribution in [1.82, 2.24) is 0 Å². The molecule has 0 saturated carbocycles. The van der Waals surface area contributed by atoms with Crippen molar-refractivity contribution in [1.29, 1.82) is 0 Å². The minimum atomic E-state index is -1.37. The summed E-state index contributed by atoms with van der Waals surface area (Å²) in [4.78, 5) is 9.24. The Morgan fingerprint density at radius 1 is 2.00 bits per heavy atom. The minimum absolute atomic E-state index is 0.240. The molecule has 2 heteroatoms. The lowest BCUT2D eigenvalue weighted by Gasteiger charge is -1.83. The Labute approximate surface area is 36.2 Å². The standard InChI is InChI=1S/C4H6FO/c1-2-4(5)3-6/h4H,2H2,1H3. The van der Waals surface area contributed by atoms with Crippen molar-refractivity contribution >= 4 is 6.29 Å². The van der Waals surface area contributed by atoms with Crippen LogP contribution in [0.15, 0.2) is 0 Å². The molecule has 0 aliphatic rings. The topological polar surface area (TPSA) is 17.1 Å². The van der Waals surface area contributed by atoms with Crippen molar-refractivity contribution in [2.45, 2.75) is 19.5 Å². The van der Waals surface area contributed by atoms with Crippen molar-refractivity contribution in [3.63, 3.8) is 0 Å². The van der Waals surface area contributed by atoms with Gasteiger partial charge in [0.05, 0.1) is 0 Å². The first-order valence-electron chi connectivity index (χ1n) is 1.83. The molecular formula is C4H6FO. The maximum atomic E-state index is 11.4. The zero-order valence-corrected chi connectivity index (χ0v) is 3.57. The van der Waals surface area contributed by atoms with Crippen LogP contribution in [-0.2, 0) is 4.79 Å². The molecule has 0 aromatic heterocycles. The predicted molar refractivity (Wildman–Crippen MR) is 20.9 cm³/mol. The second kappa shape index (κ2) is 2.82. The quantitative estimate of drug-likeness (QED) is 0.490. The summed E-state index contributed by atoms with van der Waals surface area (Å²) < 4.78 is 11.4. The van der Waals surface area contributed by atoms with Crippen molar-refractivity contribution in [2.75, 3.05) is 0 Å². The Morgan fingerprint density at radius 3 is 2.50 bits per heavy atom. The van der Waals surface area contributed by atoms with Crippen molar-refractivity contribution < 1.29 is 9.18 Å². The normalized spacial score (nSPS) is 13.7. The molecule has 0 amide bonds. The third kappa shape index (κ3) is 1.88. The summed E-state index contributed by atoms with van der Waals surface area (Å²) in [5.74, 6) is 0. The molecule has 0 heterocycles. The predicted octanol–water partition coefficient (Wildman–Crippen LogP) is 0.844. The van der Waals surface area contributed by atoms with Crippen LogP contribution in [0.4, 0.5) is 4.39 Å². The van der Waals surface area contributed by atoms with E-state index in [0.717, 1.165) is 0 Å². The summed E-state index contributed by atoms with van der Waals surface area (Å²) in [7, 11) is 0. The van der Waals surface area contributed by atoms with E-state index in [0.29, 0.717) is 0 Å². The second-order valence-corrected chi connectivity index (χ2v) is 0.994. The van der Waals surface area contributed by atoms with Gasteiger partial charge in [-0.15, -0.1) is 0 Å². The van der Waals surface area contributed by atoms with E-state index in [9.17, 15) is 9.18 Å². The Bertz CT molecular complexity index is 44.8. The summed E-state index contributed by atoms with van der Waals surface area (Å²) in [6.07, 6.45) is 0.0671. The maximum absolute atomic E-state index is 11.4. The number of carbonyl (C=O) groups excluding carboxylic acids is 1. The number of alkyl halides is 1. The van der Waals surface area contributed by atoms with E-state index in [2.05, 4.69) is 0 Å². The van der Waals surface area contributed by atoms with Crippen LogP contribution in [0, 0.1) is 0 Å². The molecule has 1 atom stereocenters. The highest BCUT2D eigenvalue weighted by Gasteiger charge is 1.96. The average Bonchev–Trinajstić information content (AvgIpc) is 1.65. The molecule has 0 aliphatic carbocycles. The summed E-state index contributed by atoms with van der Waals surface area (Å²) in [6, 6.07) is 0. The summed E-state index contributed by atoms with van der Waals surface area (Å²) in [5.41, 5.74) is 0. The van der Waals surface area contributed by atoms with E-state index < -0.39 is 6.17 Å². The van der Waals surface area contributed by atoms with Crippen LogP contribution in [-0.4, -0.2) is 12.5 Å². The van der Waals surface area contributed by atoms with E-state index in [4.69, 9.17) is 0 Å². The van der Waals surface area contributed by atoms with Gasteiger partial charge in [-0.3, -0.25) is 4.79 Å². The first-order valence-corrected chi connectivity index (χ1v) is 1.83. The molecule has 0 rings (SSSR count). The number of rotatable bonds is 2. The van der Waals surface area contributed by atoms with Gasteiger partial charge in [-0.25, -0.2) is 4.39 Å². The van der Waals surface area contributed by atoms with Gasteiger partial charge in [0.2, 0.25) is 6.29 Å². The molecule has 35 valence electrons. The highest BCUT2D eigenvalue weighted by atomic mass is 19.1. The van der Waals surface area contributed by atoms with Gasteiger partial charge < -0.3 is 0 Å². The van der Waals surface area contributed by atoms with Gasteiger partial charge in [0.15, 0.2) is 6.17 Å². The van der Waals surface area contributed by atoms with Crippen LogP contribution >= 0.6 is 0 Å². The monoisotopic (exact) mass is 89.0 g/mol. The molecule has 0 spiro atoms. The third-order valence-electron chi connectivity index (χ3n) is 0.486. The number of hydrogen-bond acceptors (Lipinski definition) is 1. The number of halogens is 1. The Hall–Kier alpha value is -0.400. The van der Waals surface area contributed by atoms with Gasteiger partial charge in [-0.1, -0.05) is 6.92 Å². The van der Waals surface area contributed by atoms with Crippen molar-refractivity contribution in [3.05, 3.63) is 0 Å². The summed E-state index contributed by atoms with van der Waals surface area (Å²) in [5, 5.41) is 0. The average molecular weight is 89.1 g/mol. The fourth-order valence-electron chi connectivity index (χ4n) is 0.0833. The molecule has 6 heavy (non-hydrogen) atoms. The molecule has 0 fully saturated rings. The van der Waals surface area contributed by atoms with Crippen LogP contribution in [0.2, 0.25) is 0 Å². The largest absolute Gasteiger partial charge is 0.287 e. The summed E-state index contributed by atoms with van der Waals surface area (Å²) >= 11 is 0. The van der Waals surface area contributed by atoms with E-state index in [1.165, 1.54) is 6.29 Å². The van der Waals surface area contributed by atoms with Gasteiger partial charge in [0.25, 0.3) is 0 Å². The van der Waals surface area contributed by atoms with Crippen LogP contribution in [0.1, 0.15) is 13.3 Å². The van der Waals surface area contributed by atoms with E-state index >= 15 is 0 Å². The molecule has 0 aromatic rings. The molecule has 0 saturated heterocycles. The summed E-state index contributed by atoms with van der Waals surface area (Å²) in [6.45, 7) is 1.59. The lowest BCUT2D eigenvalue weighted by atomic mass is 10.3. The highest BCUT2D eigenvalue weighted by molar-refractivity contribution is 5.56.